The number of nitrogens with two attached hydrogens (primary N) is 1. The molecule has 0 saturated carbocycles. The summed E-state index contributed by atoms with van der Waals surface area (Å²) in [5.41, 5.74) is 11.1. The Kier molecular flexibility index (Phi) is 3.15. The first-order valence-corrected chi connectivity index (χ1v) is 6.87. The first kappa shape index (κ1) is 12.7. The first-order valence-electron chi connectivity index (χ1n) is 5.99. The lowest BCUT2D eigenvalue weighted by atomic mass is 10.0. The van der Waals surface area contributed by atoms with Gasteiger partial charge in [-0.05, 0) is 19.1 Å². The first-order chi connectivity index (χ1) is 9.70. The Morgan fingerprint density at radius 1 is 1.35 bits per heavy atom. The monoisotopic (exact) mass is 287 g/mol. The number of nitrogen functional groups attached to an aromatic ring is 1. The molecule has 0 aliphatic heterocycles. The molecule has 0 aliphatic carbocycles. The van der Waals surface area contributed by atoms with Crippen LogP contribution >= 0.6 is 11.3 Å². The molecule has 3 rings (SSSR count). The van der Waals surface area contributed by atoms with E-state index in [-0.39, 0.29) is 5.88 Å². The van der Waals surface area contributed by atoms with E-state index < -0.39 is 0 Å². The van der Waals surface area contributed by atoms with Gasteiger partial charge in [-0.25, -0.2) is 0 Å². The predicted octanol–water partition coefficient (Wildman–Crippen LogP) is 3.36. The topological polar surface area (TPSA) is 74.2 Å². The number of nitrogens with zero attached hydrogens (tertiary/aromatic N) is 2. The van der Waals surface area contributed by atoms with Gasteiger partial charge in [0.15, 0.2) is 0 Å². The summed E-state index contributed by atoms with van der Waals surface area (Å²) in [6.07, 6.45) is 1.74. The third-order valence-electron chi connectivity index (χ3n) is 3.01. The summed E-state index contributed by atoms with van der Waals surface area (Å²) in [5, 5.41) is 4.05. The minimum absolute atomic E-state index is 0.275. The third-order valence-corrected chi connectivity index (χ3v) is 3.79. The van der Waals surface area contributed by atoms with Crippen molar-refractivity contribution in [3.05, 3.63) is 35.5 Å². The number of aryl methyl sites for hydroxylation is 1. The van der Waals surface area contributed by atoms with Crippen molar-refractivity contribution in [1.82, 2.24) is 10.1 Å². The number of aromatic nitrogens is 2. The normalized spacial score (nSPS) is 10.7. The van der Waals surface area contributed by atoms with Crippen LogP contribution in [0.2, 0.25) is 0 Å². The van der Waals surface area contributed by atoms with Gasteiger partial charge in [0.05, 0.1) is 23.1 Å². The van der Waals surface area contributed by atoms with Gasteiger partial charge < -0.3 is 15.0 Å². The van der Waals surface area contributed by atoms with Gasteiger partial charge in [0.1, 0.15) is 11.4 Å². The zero-order valence-electron chi connectivity index (χ0n) is 11.1. The molecule has 2 aromatic heterocycles. The Morgan fingerprint density at radius 3 is 2.90 bits per heavy atom. The van der Waals surface area contributed by atoms with Gasteiger partial charge in [-0.1, -0.05) is 16.8 Å². The zero-order chi connectivity index (χ0) is 14.1. The van der Waals surface area contributed by atoms with Gasteiger partial charge in [0, 0.05) is 11.8 Å². The van der Waals surface area contributed by atoms with E-state index in [0.717, 1.165) is 27.3 Å². The fraction of sp³-hybridized carbons (Fsp3) is 0.143. The molecule has 1 aromatic carbocycles. The van der Waals surface area contributed by atoms with Crippen LogP contribution in [-0.2, 0) is 0 Å². The summed E-state index contributed by atoms with van der Waals surface area (Å²) >= 11 is 1.49. The number of benzene rings is 1. The smallest absolute Gasteiger partial charge is 0.230 e. The molecule has 0 amide bonds. The SMILES string of the molecule is COc1ccc(C)cc1-c1c(-c2cncs2)noc1N. The fourth-order valence-electron chi connectivity index (χ4n) is 2.08. The van der Waals surface area contributed by atoms with Crippen molar-refractivity contribution >= 4 is 17.2 Å². The fourth-order valence-corrected chi connectivity index (χ4v) is 2.69. The van der Waals surface area contributed by atoms with Crippen LogP contribution in [0.3, 0.4) is 0 Å². The highest BCUT2D eigenvalue weighted by Crippen LogP contribution is 2.41. The zero-order valence-corrected chi connectivity index (χ0v) is 11.9. The maximum absolute atomic E-state index is 5.95. The molecule has 0 radical (unpaired) electrons. The van der Waals surface area contributed by atoms with Crippen LogP contribution in [0.1, 0.15) is 5.56 Å². The molecule has 6 heteroatoms. The molecule has 0 atom stereocenters. The standard InChI is InChI=1S/C14H13N3O2S/c1-8-3-4-10(18-2)9(5-8)12-13(17-19-14(12)15)11-6-16-7-20-11/h3-7H,15H2,1-2H3. The van der Waals surface area contributed by atoms with Gasteiger partial charge in [0.25, 0.3) is 0 Å². The van der Waals surface area contributed by atoms with Crippen LogP contribution < -0.4 is 10.5 Å². The highest BCUT2D eigenvalue weighted by Gasteiger charge is 2.21. The molecular weight excluding hydrogens is 274 g/mol. The van der Waals surface area contributed by atoms with Crippen molar-refractivity contribution in [2.24, 2.45) is 0 Å². The predicted molar refractivity (Wildman–Crippen MR) is 78.7 cm³/mol. The van der Waals surface area contributed by atoms with Crippen LogP contribution in [0.4, 0.5) is 5.88 Å². The van der Waals surface area contributed by atoms with E-state index in [4.69, 9.17) is 15.0 Å². The number of rotatable bonds is 3. The van der Waals surface area contributed by atoms with Crippen LogP contribution in [0.15, 0.2) is 34.4 Å². The lowest BCUT2D eigenvalue weighted by molar-refractivity contribution is 0.416. The molecule has 0 saturated heterocycles. The number of methoxy groups -OCH3 is 1. The van der Waals surface area contributed by atoms with E-state index in [9.17, 15) is 0 Å². The molecule has 0 bridgehead atoms. The quantitative estimate of drug-likeness (QED) is 0.799. The van der Waals surface area contributed by atoms with E-state index in [1.54, 1.807) is 18.8 Å². The Hall–Kier alpha value is -2.34. The van der Waals surface area contributed by atoms with Crippen molar-refractivity contribution in [2.75, 3.05) is 12.8 Å². The second kappa shape index (κ2) is 4.97. The maximum atomic E-state index is 5.95. The Labute approximate surface area is 120 Å². The molecule has 3 aromatic rings. The van der Waals surface area contributed by atoms with Gasteiger partial charge >= 0.3 is 0 Å². The third kappa shape index (κ3) is 2.04. The van der Waals surface area contributed by atoms with Gasteiger partial charge in [-0.2, -0.15) is 0 Å². The molecule has 0 aliphatic rings. The van der Waals surface area contributed by atoms with E-state index in [0.29, 0.717) is 5.69 Å². The number of ether oxygens (including phenoxy) is 1. The average Bonchev–Trinajstić information content (AvgIpc) is 3.07. The van der Waals surface area contributed by atoms with Gasteiger partial charge in [-0.3, -0.25) is 4.98 Å². The Bertz CT molecular complexity index is 735. The summed E-state index contributed by atoms with van der Waals surface area (Å²) in [6, 6.07) is 5.90. The van der Waals surface area contributed by atoms with E-state index in [1.807, 2.05) is 25.1 Å². The summed E-state index contributed by atoms with van der Waals surface area (Å²) in [7, 11) is 1.63. The van der Waals surface area contributed by atoms with Crippen molar-refractivity contribution in [1.29, 1.82) is 0 Å². The van der Waals surface area contributed by atoms with Crippen LogP contribution in [-0.4, -0.2) is 17.3 Å². The minimum Gasteiger partial charge on any atom is -0.496 e. The summed E-state index contributed by atoms with van der Waals surface area (Å²) in [6.45, 7) is 2.01. The Morgan fingerprint density at radius 2 is 2.20 bits per heavy atom. The van der Waals surface area contributed by atoms with Crippen LogP contribution in [0.25, 0.3) is 21.7 Å². The molecule has 5 nitrogen and oxygen atoms in total. The summed E-state index contributed by atoms with van der Waals surface area (Å²) in [5.74, 6) is 1.01. The number of thiazole rings is 1. The van der Waals surface area contributed by atoms with Crippen LogP contribution in [0, 0.1) is 6.92 Å². The number of anilines is 1. The van der Waals surface area contributed by atoms with Crippen molar-refractivity contribution in [3.8, 4) is 27.4 Å². The van der Waals surface area contributed by atoms with E-state index in [2.05, 4.69) is 10.1 Å². The molecule has 2 heterocycles. The number of hydrogen-bond donors (Lipinski definition) is 1. The summed E-state index contributed by atoms with van der Waals surface area (Å²) < 4.78 is 10.6. The highest BCUT2D eigenvalue weighted by molar-refractivity contribution is 7.13. The second-order valence-corrected chi connectivity index (χ2v) is 5.23. The number of hydrogen-bond acceptors (Lipinski definition) is 6. The van der Waals surface area contributed by atoms with Crippen molar-refractivity contribution < 1.29 is 9.26 Å². The van der Waals surface area contributed by atoms with E-state index in [1.165, 1.54) is 11.3 Å². The van der Waals surface area contributed by atoms with Crippen molar-refractivity contribution in [2.45, 2.75) is 6.92 Å². The molecule has 2 N–H and O–H groups in total. The molecule has 0 unspecified atom stereocenters. The largest absolute Gasteiger partial charge is 0.496 e. The second-order valence-electron chi connectivity index (χ2n) is 4.34. The maximum Gasteiger partial charge on any atom is 0.230 e. The summed E-state index contributed by atoms with van der Waals surface area (Å²) in [4.78, 5) is 4.97. The average molecular weight is 287 g/mol. The molecular formula is C14H13N3O2S. The van der Waals surface area contributed by atoms with Gasteiger partial charge in [0.2, 0.25) is 5.88 Å². The lowest BCUT2D eigenvalue weighted by Gasteiger charge is -2.09. The molecule has 0 spiro atoms. The lowest BCUT2D eigenvalue weighted by Crippen LogP contribution is -1.92. The van der Waals surface area contributed by atoms with E-state index >= 15 is 0 Å². The molecule has 0 fully saturated rings. The van der Waals surface area contributed by atoms with Crippen LogP contribution in [0.5, 0.6) is 5.75 Å². The Balaban J connectivity index is 2.25. The highest BCUT2D eigenvalue weighted by atomic mass is 32.1. The van der Waals surface area contributed by atoms with Gasteiger partial charge in [-0.15, -0.1) is 11.3 Å². The molecule has 20 heavy (non-hydrogen) atoms. The van der Waals surface area contributed by atoms with Crippen molar-refractivity contribution in [3.63, 3.8) is 0 Å². The minimum atomic E-state index is 0.275. The molecule has 102 valence electrons.